The van der Waals surface area contributed by atoms with Gasteiger partial charge in [0.2, 0.25) is 0 Å². The summed E-state index contributed by atoms with van der Waals surface area (Å²) in [6, 6.07) is 3.64. The number of nitrogen functional groups attached to an aromatic ring is 3. The van der Waals surface area contributed by atoms with Crippen LogP contribution in [0.5, 0.6) is 0 Å². The minimum atomic E-state index is -0.220. The third-order valence-electron chi connectivity index (χ3n) is 4.28. The van der Waals surface area contributed by atoms with Gasteiger partial charge in [0.25, 0.3) is 0 Å². The number of anilines is 3. The smallest absolute Gasteiger partial charge is 0.162 e. The van der Waals surface area contributed by atoms with Gasteiger partial charge in [0.05, 0.1) is 49.0 Å². The van der Waals surface area contributed by atoms with E-state index in [1.165, 1.54) is 0 Å². The van der Waals surface area contributed by atoms with Crippen LogP contribution in [0.2, 0.25) is 0 Å². The second-order valence-corrected chi connectivity index (χ2v) is 6.07. The number of ether oxygens (including phenoxy) is 3. The van der Waals surface area contributed by atoms with Crippen molar-refractivity contribution >= 4 is 17.1 Å². The number of nitrogens with two attached hydrogens (primary N) is 4. The van der Waals surface area contributed by atoms with Gasteiger partial charge in [0, 0.05) is 5.92 Å². The molecule has 2 unspecified atom stereocenters. The first-order valence-electron chi connectivity index (χ1n) is 7.59. The Bertz CT molecular complexity index is 501. The van der Waals surface area contributed by atoms with E-state index in [0.717, 1.165) is 18.4 Å². The largest absolute Gasteiger partial charge is 0.397 e. The molecule has 122 valence electrons. The van der Waals surface area contributed by atoms with Crippen LogP contribution in [-0.4, -0.2) is 32.2 Å². The SMILES string of the molecule is Nc1cc(C2CCC(C3OCC(N)CO3)CO2)cc(N)c1N. The molecule has 2 fully saturated rings. The molecule has 2 aliphatic rings. The average Bonchev–Trinajstić information content (AvgIpc) is 2.53. The molecule has 0 radical (unpaired) electrons. The van der Waals surface area contributed by atoms with Crippen molar-refractivity contribution in [2.45, 2.75) is 31.3 Å². The van der Waals surface area contributed by atoms with Crippen LogP contribution >= 0.6 is 0 Å². The molecular formula is C15H24N4O3. The molecule has 0 spiro atoms. The van der Waals surface area contributed by atoms with Gasteiger partial charge in [-0.15, -0.1) is 0 Å². The maximum absolute atomic E-state index is 5.96. The van der Waals surface area contributed by atoms with E-state index in [1.807, 2.05) is 12.1 Å². The third kappa shape index (κ3) is 3.12. The molecule has 0 aliphatic carbocycles. The predicted octanol–water partition coefficient (Wildman–Crippen LogP) is 0.601. The number of hydrogen-bond donors (Lipinski definition) is 4. The molecule has 8 N–H and O–H groups in total. The van der Waals surface area contributed by atoms with Crippen LogP contribution in [-0.2, 0) is 14.2 Å². The standard InChI is InChI=1S/C15H24N4O3/c16-10-6-21-15(22-7-10)8-1-2-13(20-5-8)9-3-11(17)14(19)12(18)4-9/h3-4,8,10,13,15H,1-2,5-7,16-19H2. The third-order valence-corrected chi connectivity index (χ3v) is 4.28. The van der Waals surface area contributed by atoms with Gasteiger partial charge in [-0.1, -0.05) is 0 Å². The van der Waals surface area contributed by atoms with Gasteiger partial charge < -0.3 is 37.1 Å². The maximum atomic E-state index is 5.96. The first kappa shape index (κ1) is 15.4. The van der Waals surface area contributed by atoms with Crippen molar-refractivity contribution < 1.29 is 14.2 Å². The van der Waals surface area contributed by atoms with E-state index < -0.39 is 0 Å². The number of rotatable bonds is 2. The fraction of sp³-hybridized carbons (Fsp3) is 0.600. The Hall–Kier alpha value is -1.54. The Kier molecular flexibility index (Phi) is 4.39. The average molecular weight is 308 g/mol. The Labute approximate surface area is 129 Å². The Morgan fingerprint density at radius 2 is 1.50 bits per heavy atom. The van der Waals surface area contributed by atoms with Crippen LogP contribution in [0, 0.1) is 5.92 Å². The van der Waals surface area contributed by atoms with Gasteiger partial charge in [0.15, 0.2) is 6.29 Å². The molecule has 0 bridgehead atoms. The van der Waals surface area contributed by atoms with Crippen LogP contribution in [0.25, 0.3) is 0 Å². The summed E-state index contributed by atoms with van der Waals surface area (Å²) >= 11 is 0. The highest BCUT2D eigenvalue weighted by Gasteiger charge is 2.33. The van der Waals surface area contributed by atoms with E-state index >= 15 is 0 Å². The highest BCUT2D eigenvalue weighted by Crippen LogP contribution is 2.36. The monoisotopic (exact) mass is 308 g/mol. The summed E-state index contributed by atoms with van der Waals surface area (Å²) < 4.78 is 17.2. The van der Waals surface area contributed by atoms with Gasteiger partial charge in [-0.3, -0.25) is 0 Å². The summed E-state index contributed by atoms with van der Waals surface area (Å²) in [5.74, 6) is 0.229. The van der Waals surface area contributed by atoms with Crippen LogP contribution < -0.4 is 22.9 Å². The predicted molar refractivity (Wildman–Crippen MR) is 84.8 cm³/mol. The van der Waals surface area contributed by atoms with Crippen molar-refractivity contribution in [1.29, 1.82) is 0 Å². The van der Waals surface area contributed by atoms with E-state index in [2.05, 4.69) is 0 Å². The minimum absolute atomic E-state index is 0.0210. The second kappa shape index (κ2) is 6.29. The number of benzene rings is 1. The van der Waals surface area contributed by atoms with E-state index in [0.29, 0.717) is 36.9 Å². The lowest BCUT2D eigenvalue weighted by Crippen LogP contribution is -2.45. The summed E-state index contributed by atoms with van der Waals surface area (Å²) in [7, 11) is 0. The molecule has 2 aliphatic heterocycles. The Balaban J connectivity index is 1.60. The Morgan fingerprint density at radius 3 is 2.05 bits per heavy atom. The number of hydrogen-bond acceptors (Lipinski definition) is 7. The molecule has 0 amide bonds. The summed E-state index contributed by atoms with van der Waals surface area (Å²) in [6.45, 7) is 1.65. The van der Waals surface area contributed by atoms with Gasteiger partial charge in [-0.05, 0) is 30.5 Å². The zero-order valence-corrected chi connectivity index (χ0v) is 12.5. The van der Waals surface area contributed by atoms with Crippen molar-refractivity contribution in [3.63, 3.8) is 0 Å². The molecule has 1 aromatic rings. The first-order chi connectivity index (χ1) is 10.5. The fourth-order valence-electron chi connectivity index (χ4n) is 2.96. The lowest BCUT2D eigenvalue weighted by atomic mass is 9.93. The van der Waals surface area contributed by atoms with Crippen molar-refractivity contribution in [1.82, 2.24) is 0 Å². The van der Waals surface area contributed by atoms with E-state index in [9.17, 15) is 0 Å². The van der Waals surface area contributed by atoms with E-state index in [4.69, 9.17) is 37.1 Å². The maximum Gasteiger partial charge on any atom is 0.162 e. The molecule has 2 heterocycles. The van der Waals surface area contributed by atoms with Gasteiger partial charge in [0.1, 0.15) is 0 Å². The molecule has 2 atom stereocenters. The van der Waals surface area contributed by atoms with E-state index in [1.54, 1.807) is 0 Å². The minimum Gasteiger partial charge on any atom is -0.397 e. The normalized spacial score (nSPS) is 32.8. The van der Waals surface area contributed by atoms with E-state index in [-0.39, 0.29) is 24.4 Å². The van der Waals surface area contributed by atoms with Crippen LogP contribution in [0.1, 0.15) is 24.5 Å². The van der Waals surface area contributed by atoms with Gasteiger partial charge in [-0.2, -0.15) is 0 Å². The summed E-state index contributed by atoms with van der Waals surface area (Å²) in [5, 5.41) is 0. The summed E-state index contributed by atoms with van der Waals surface area (Å²) in [5.41, 5.74) is 25.7. The molecule has 22 heavy (non-hydrogen) atoms. The quantitative estimate of drug-likeness (QED) is 0.588. The molecule has 7 nitrogen and oxygen atoms in total. The molecular weight excluding hydrogens is 284 g/mol. The topological polar surface area (TPSA) is 132 Å². The molecule has 7 heteroatoms. The fourth-order valence-corrected chi connectivity index (χ4v) is 2.96. The molecule has 0 saturated carbocycles. The Morgan fingerprint density at radius 1 is 0.864 bits per heavy atom. The van der Waals surface area contributed by atoms with Crippen molar-refractivity contribution in [2.24, 2.45) is 11.7 Å². The van der Waals surface area contributed by atoms with Crippen molar-refractivity contribution in [3.05, 3.63) is 17.7 Å². The lowest BCUT2D eigenvalue weighted by Gasteiger charge is -2.37. The lowest BCUT2D eigenvalue weighted by molar-refractivity contribution is -0.229. The van der Waals surface area contributed by atoms with Crippen molar-refractivity contribution in [3.8, 4) is 0 Å². The first-order valence-corrected chi connectivity index (χ1v) is 7.59. The molecule has 0 aromatic heterocycles. The zero-order valence-electron chi connectivity index (χ0n) is 12.5. The molecule has 3 rings (SSSR count). The summed E-state index contributed by atoms with van der Waals surface area (Å²) in [6.07, 6.45) is 1.58. The molecule has 1 aromatic carbocycles. The summed E-state index contributed by atoms with van der Waals surface area (Å²) in [4.78, 5) is 0. The van der Waals surface area contributed by atoms with Crippen LogP contribution in [0.15, 0.2) is 12.1 Å². The highest BCUT2D eigenvalue weighted by atomic mass is 16.7. The van der Waals surface area contributed by atoms with Gasteiger partial charge >= 0.3 is 0 Å². The zero-order chi connectivity index (χ0) is 15.7. The molecule has 2 saturated heterocycles. The van der Waals surface area contributed by atoms with Crippen LogP contribution in [0.3, 0.4) is 0 Å². The van der Waals surface area contributed by atoms with Crippen molar-refractivity contribution in [2.75, 3.05) is 37.0 Å². The van der Waals surface area contributed by atoms with Gasteiger partial charge in [-0.25, -0.2) is 0 Å². The van der Waals surface area contributed by atoms with Crippen LogP contribution in [0.4, 0.5) is 17.1 Å². The second-order valence-electron chi connectivity index (χ2n) is 6.07. The highest BCUT2D eigenvalue weighted by molar-refractivity contribution is 5.78.